The number of nitrogens with one attached hydrogen (secondary N) is 3. The van der Waals surface area contributed by atoms with E-state index in [0.29, 0.717) is 53.4 Å². The van der Waals surface area contributed by atoms with Crippen LogP contribution in [0.5, 0.6) is 23.0 Å². The van der Waals surface area contributed by atoms with Crippen LogP contribution in [0.15, 0.2) is 36.4 Å². The van der Waals surface area contributed by atoms with Crippen LogP contribution in [-0.4, -0.2) is 49.4 Å². The molecule has 1 aliphatic carbocycles. The van der Waals surface area contributed by atoms with Gasteiger partial charge < -0.3 is 34.9 Å². The van der Waals surface area contributed by atoms with Crippen LogP contribution >= 0.6 is 0 Å². The van der Waals surface area contributed by atoms with Crippen LogP contribution < -0.4 is 34.9 Å². The molecule has 0 unspecified atom stereocenters. The predicted molar refractivity (Wildman–Crippen MR) is 140 cm³/mol. The highest BCUT2D eigenvalue weighted by molar-refractivity contribution is 5.66. The maximum atomic E-state index is 5.48. The van der Waals surface area contributed by atoms with Crippen LogP contribution in [0.3, 0.4) is 0 Å². The van der Waals surface area contributed by atoms with Gasteiger partial charge in [-0.15, -0.1) is 0 Å². The van der Waals surface area contributed by atoms with Gasteiger partial charge in [0, 0.05) is 30.4 Å². The summed E-state index contributed by atoms with van der Waals surface area (Å²) in [7, 11) is 6.39. The molecule has 36 heavy (non-hydrogen) atoms. The van der Waals surface area contributed by atoms with Crippen molar-refractivity contribution < 1.29 is 18.9 Å². The minimum Gasteiger partial charge on any atom is -0.497 e. The lowest BCUT2D eigenvalue weighted by molar-refractivity contribution is 0.324. The number of benzene rings is 2. The maximum absolute atomic E-state index is 5.48. The maximum Gasteiger partial charge on any atom is 0.233 e. The SMILES string of the molecule is COc1ccc(CNc2nc(Nc3cc(OC)c(OC)c(OC)c3)nc(NC3CCCCC3)n2)cc1. The van der Waals surface area contributed by atoms with Crippen LogP contribution in [0, 0.1) is 0 Å². The molecule has 0 spiro atoms. The van der Waals surface area contributed by atoms with Gasteiger partial charge in [0.1, 0.15) is 5.75 Å². The first-order chi connectivity index (χ1) is 17.6. The van der Waals surface area contributed by atoms with E-state index in [1.54, 1.807) is 28.4 Å². The van der Waals surface area contributed by atoms with Crippen molar-refractivity contribution in [2.75, 3.05) is 44.4 Å². The zero-order valence-electron chi connectivity index (χ0n) is 21.3. The van der Waals surface area contributed by atoms with Gasteiger partial charge in [0.2, 0.25) is 23.6 Å². The topological polar surface area (TPSA) is 112 Å². The predicted octanol–water partition coefficient (Wildman–Crippen LogP) is 5.01. The van der Waals surface area contributed by atoms with Crippen molar-refractivity contribution in [3.05, 3.63) is 42.0 Å². The minimum absolute atomic E-state index is 0.351. The first-order valence-corrected chi connectivity index (χ1v) is 12.1. The summed E-state index contributed by atoms with van der Waals surface area (Å²) in [5, 5.41) is 10.1. The smallest absolute Gasteiger partial charge is 0.233 e. The average molecular weight is 495 g/mol. The van der Waals surface area contributed by atoms with Crippen molar-refractivity contribution in [3.8, 4) is 23.0 Å². The lowest BCUT2D eigenvalue weighted by Gasteiger charge is -2.23. The van der Waals surface area contributed by atoms with Gasteiger partial charge in [-0.05, 0) is 30.5 Å². The van der Waals surface area contributed by atoms with Gasteiger partial charge in [0.05, 0.1) is 28.4 Å². The Bertz CT molecular complexity index is 1110. The van der Waals surface area contributed by atoms with E-state index < -0.39 is 0 Å². The quantitative estimate of drug-likeness (QED) is 0.336. The molecule has 0 radical (unpaired) electrons. The van der Waals surface area contributed by atoms with Crippen LogP contribution in [0.25, 0.3) is 0 Å². The number of hydrogen-bond donors (Lipinski definition) is 3. The highest BCUT2D eigenvalue weighted by Crippen LogP contribution is 2.40. The highest BCUT2D eigenvalue weighted by atomic mass is 16.5. The van der Waals surface area contributed by atoms with E-state index in [1.165, 1.54) is 19.3 Å². The summed E-state index contributed by atoms with van der Waals surface area (Å²) in [6.07, 6.45) is 5.91. The van der Waals surface area contributed by atoms with Gasteiger partial charge in [-0.2, -0.15) is 15.0 Å². The van der Waals surface area contributed by atoms with Crippen LogP contribution in [-0.2, 0) is 6.54 Å². The van der Waals surface area contributed by atoms with E-state index in [-0.39, 0.29) is 0 Å². The number of aromatic nitrogens is 3. The zero-order valence-corrected chi connectivity index (χ0v) is 21.3. The minimum atomic E-state index is 0.351. The molecule has 4 rings (SSSR count). The van der Waals surface area contributed by atoms with Crippen molar-refractivity contribution in [2.24, 2.45) is 0 Å². The summed E-state index contributed by atoms with van der Waals surface area (Å²) in [5.74, 6) is 3.80. The first kappa shape index (κ1) is 25.2. The molecule has 192 valence electrons. The Labute approximate surface area is 211 Å². The Balaban J connectivity index is 1.58. The molecule has 0 amide bonds. The molecule has 0 aliphatic heterocycles. The first-order valence-electron chi connectivity index (χ1n) is 12.1. The van der Waals surface area contributed by atoms with E-state index in [1.807, 2.05) is 36.4 Å². The summed E-state index contributed by atoms with van der Waals surface area (Å²) < 4.78 is 21.6. The normalized spacial score (nSPS) is 13.6. The van der Waals surface area contributed by atoms with Crippen molar-refractivity contribution in [2.45, 2.75) is 44.7 Å². The Kier molecular flexibility index (Phi) is 8.48. The van der Waals surface area contributed by atoms with Gasteiger partial charge in [0.25, 0.3) is 0 Å². The monoisotopic (exact) mass is 494 g/mol. The van der Waals surface area contributed by atoms with Crippen LogP contribution in [0.4, 0.5) is 23.5 Å². The molecule has 1 fully saturated rings. The summed E-state index contributed by atoms with van der Waals surface area (Å²) in [6, 6.07) is 11.8. The second-order valence-corrected chi connectivity index (χ2v) is 8.53. The number of anilines is 4. The summed E-state index contributed by atoms with van der Waals surface area (Å²) in [5.41, 5.74) is 1.78. The van der Waals surface area contributed by atoms with Crippen molar-refractivity contribution >= 4 is 23.5 Å². The molecule has 1 heterocycles. The average Bonchev–Trinajstić information content (AvgIpc) is 2.92. The second-order valence-electron chi connectivity index (χ2n) is 8.53. The third-order valence-electron chi connectivity index (χ3n) is 6.10. The van der Waals surface area contributed by atoms with Gasteiger partial charge in [-0.3, -0.25) is 0 Å². The van der Waals surface area contributed by atoms with E-state index in [4.69, 9.17) is 18.9 Å². The summed E-state index contributed by atoms with van der Waals surface area (Å²) in [6.45, 7) is 0.556. The van der Waals surface area contributed by atoms with Crippen molar-refractivity contribution in [1.82, 2.24) is 15.0 Å². The van der Waals surface area contributed by atoms with E-state index in [0.717, 1.165) is 24.2 Å². The van der Waals surface area contributed by atoms with Crippen LogP contribution in [0.1, 0.15) is 37.7 Å². The summed E-state index contributed by atoms with van der Waals surface area (Å²) >= 11 is 0. The van der Waals surface area contributed by atoms with Crippen LogP contribution in [0.2, 0.25) is 0 Å². The molecule has 0 saturated heterocycles. The van der Waals surface area contributed by atoms with E-state index in [2.05, 4.69) is 30.9 Å². The molecular formula is C26H34N6O4. The molecule has 10 nitrogen and oxygen atoms in total. The van der Waals surface area contributed by atoms with Crippen molar-refractivity contribution in [3.63, 3.8) is 0 Å². The summed E-state index contributed by atoms with van der Waals surface area (Å²) in [4.78, 5) is 13.9. The molecule has 3 aromatic rings. The molecule has 1 aromatic heterocycles. The highest BCUT2D eigenvalue weighted by Gasteiger charge is 2.17. The fourth-order valence-corrected chi connectivity index (χ4v) is 4.21. The Morgan fingerprint density at radius 3 is 2.00 bits per heavy atom. The largest absolute Gasteiger partial charge is 0.497 e. The molecule has 2 aromatic carbocycles. The Morgan fingerprint density at radius 1 is 0.750 bits per heavy atom. The Morgan fingerprint density at radius 2 is 1.39 bits per heavy atom. The molecule has 0 atom stereocenters. The lowest BCUT2D eigenvalue weighted by Crippen LogP contribution is -2.24. The van der Waals surface area contributed by atoms with Gasteiger partial charge >= 0.3 is 0 Å². The number of ether oxygens (including phenoxy) is 4. The van der Waals surface area contributed by atoms with Gasteiger partial charge in [-0.25, -0.2) is 0 Å². The Hall–Kier alpha value is -3.95. The second kappa shape index (κ2) is 12.1. The number of rotatable bonds is 11. The van der Waals surface area contributed by atoms with Crippen molar-refractivity contribution in [1.29, 1.82) is 0 Å². The third kappa shape index (κ3) is 6.38. The zero-order chi connectivity index (χ0) is 25.3. The number of nitrogens with zero attached hydrogens (tertiary/aromatic N) is 3. The fourth-order valence-electron chi connectivity index (χ4n) is 4.21. The molecule has 10 heteroatoms. The van der Waals surface area contributed by atoms with E-state index >= 15 is 0 Å². The lowest BCUT2D eigenvalue weighted by atomic mass is 9.96. The molecule has 0 bridgehead atoms. The fraction of sp³-hybridized carbons (Fsp3) is 0.423. The van der Waals surface area contributed by atoms with Gasteiger partial charge in [-0.1, -0.05) is 31.4 Å². The molecule has 1 aliphatic rings. The molecule has 1 saturated carbocycles. The van der Waals surface area contributed by atoms with Gasteiger partial charge in [0.15, 0.2) is 11.5 Å². The molecule has 3 N–H and O–H groups in total. The number of methoxy groups -OCH3 is 4. The third-order valence-corrected chi connectivity index (χ3v) is 6.10. The molecular weight excluding hydrogens is 460 g/mol. The van der Waals surface area contributed by atoms with E-state index in [9.17, 15) is 0 Å². The standard InChI is InChI=1S/C26H34N6O4/c1-33-20-12-10-17(11-13-20)16-27-24-30-25(28-18-8-6-5-7-9-18)32-26(31-24)29-19-14-21(34-2)23(36-4)22(15-19)35-3/h10-15,18H,5-9,16H2,1-4H3,(H3,27,28,29,30,31,32). The number of hydrogen-bond acceptors (Lipinski definition) is 10.